The number of nitrogens with zero attached hydrogens (tertiary/aromatic N) is 1. The van der Waals surface area contributed by atoms with E-state index in [4.69, 9.17) is 0 Å². The van der Waals surface area contributed by atoms with Crippen molar-refractivity contribution in [2.75, 3.05) is 20.6 Å². The maximum absolute atomic E-state index is 2.26. The van der Waals surface area contributed by atoms with E-state index in [0.717, 1.165) is 13.0 Å². The van der Waals surface area contributed by atoms with Crippen LogP contribution in [0, 0.1) is 0 Å². The minimum atomic E-state index is 1.14. The lowest BCUT2D eigenvalue weighted by molar-refractivity contribution is 0.401. The molecule has 2 aromatic carbocycles. The predicted molar refractivity (Wildman–Crippen MR) is 94.1 cm³/mol. The van der Waals surface area contributed by atoms with Crippen molar-refractivity contribution in [3.8, 4) is 11.1 Å². The predicted octanol–water partition coefficient (Wildman–Crippen LogP) is 5.06. The van der Waals surface area contributed by atoms with E-state index in [1.807, 2.05) is 11.3 Å². The normalized spacial score (nSPS) is 11.4. The highest BCUT2D eigenvalue weighted by atomic mass is 32.1. The molecular formula is C19H21NS. The maximum atomic E-state index is 2.26. The lowest BCUT2D eigenvalue weighted by Gasteiger charge is -2.09. The average molecular weight is 295 g/mol. The van der Waals surface area contributed by atoms with Gasteiger partial charge < -0.3 is 4.90 Å². The SMILES string of the molecule is CN(C)CCCc1sc2ccccc2c1-c1ccccc1. The first-order chi connectivity index (χ1) is 10.3. The average Bonchev–Trinajstić information content (AvgIpc) is 2.86. The van der Waals surface area contributed by atoms with Gasteiger partial charge >= 0.3 is 0 Å². The van der Waals surface area contributed by atoms with E-state index in [0.29, 0.717) is 0 Å². The minimum Gasteiger partial charge on any atom is -0.309 e. The van der Waals surface area contributed by atoms with E-state index >= 15 is 0 Å². The third-order valence-electron chi connectivity index (χ3n) is 3.74. The molecular weight excluding hydrogens is 274 g/mol. The van der Waals surface area contributed by atoms with Gasteiger partial charge in [0, 0.05) is 20.5 Å². The summed E-state index contributed by atoms with van der Waals surface area (Å²) in [4.78, 5) is 3.78. The molecule has 0 spiro atoms. The Morgan fingerprint density at radius 2 is 1.62 bits per heavy atom. The summed E-state index contributed by atoms with van der Waals surface area (Å²) in [6, 6.07) is 19.6. The monoisotopic (exact) mass is 295 g/mol. The number of aryl methyl sites for hydroxylation is 1. The van der Waals surface area contributed by atoms with Gasteiger partial charge in [-0.25, -0.2) is 0 Å². The van der Waals surface area contributed by atoms with E-state index in [1.165, 1.54) is 32.5 Å². The number of thiophene rings is 1. The molecule has 0 atom stereocenters. The standard InChI is InChI=1S/C19H21NS/c1-20(2)14-8-13-18-19(15-9-4-3-5-10-15)16-11-6-7-12-17(16)21-18/h3-7,9-12H,8,13-14H2,1-2H3. The van der Waals surface area contributed by atoms with Gasteiger partial charge in [-0.2, -0.15) is 0 Å². The van der Waals surface area contributed by atoms with E-state index in [9.17, 15) is 0 Å². The Morgan fingerprint density at radius 1 is 0.905 bits per heavy atom. The van der Waals surface area contributed by atoms with Crippen molar-refractivity contribution in [3.63, 3.8) is 0 Å². The Balaban J connectivity index is 2.02. The minimum absolute atomic E-state index is 1.14. The molecule has 0 amide bonds. The molecule has 1 nitrogen and oxygen atoms in total. The molecule has 0 bridgehead atoms. The number of fused-ring (bicyclic) bond motifs is 1. The zero-order chi connectivity index (χ0) is 14.7. The van der Waals surface area contributed by atoms with Gasteiger partial charge in [0.1, 0.15) is 0 Å². The Labute approximate surface area is 130 Å². The molecule has 0 aliphatic heterocycles. The third-order valence-corrected chi connectivity index (χ3v) is 4.97. The zero-order valence-electron chi connectivity index (χ0n) is 12.7. The lowest BCUT2D eigenvalue weighted by Crippen LogP contribution is -2.13. The van der Waals surface area contributed by atoms with Crippen molar-refractivity contribution in [2.45, 2.75) is 12.8 Å². The fourth-order valence-electron chi connectivity index (χ4n) is 2.75. The molecule has 1 heterocycles. The fraction of sp³-hybridized carbons (Fsp3) is 0.263. The molecule has 108 valence electrons. The van der Waals surface area contributed by atoms with Crippen LogP contribution >= 0.6 is 11.3 Å². The largest absolute Gasteiger partial charge is 0.309 e. The van der Waals surface area contributed by atoms with E-state index in [-0.39, 0.29) is 0 Å². The molecule has 0 aliphatic carbocycles. The zero-order valence-corrected chi connectivity index (χ0v) is 13.5. The quantitative estimate of drug-likeness (QED) is 0.635. The van der Waals surface area contributed by atoms with Crippen LogP contribution in [-0.2, 0) is 6.42 Å². The Hall–Kier alpha value is -1.64. The summed E-state index contributed by atoms with van der Waals surface area (Å²) in [7, 11) is 4.28. The van der Waals surface area contributed by atoms with E-state index in [2.05, 4.69) is 73.6 Å². The van der Waals surface area contributed by atoms with E-state index < -0.39 is 0 Å². The highest BCUT2D eigenvalue weighted by molar-refractivity contribution is 7.19. The van der Waals surface area contributed by atoms with Gasteiger partial charge in [0.05, 0.1) is 0 Å². The Bertz CT molecular complexity index is 713. The summed E-state index contributed by atoms with van der Waals surface area (Å²) >= 11 is 1.95. The van der Waals surface area contributed by atoms with Crippen LogP contribution in [0.15, 0.2) is 54.6 Å². The first kappa shape index (κ1) is 14.3. The molecule has 0 unspecified atom stereocenters. The molecule has 0 fully saturated rings. The number of benzene rings is 2. The first-order valence-corrected chi connectivity index (χ1v) is 8.28. The highest BCUT2D eigenvalue weighted by Crippen LogP contribution is 2.39. The molecule has 21 heavy (non-hydrogen) atoms. The topological polar surface area (TPSA) is 3.24 Å². The Morgan fingerprint density at radius 3 is 2.38 bits per heavy atom. The van der Waals surface area contributed by atoms with Crippen molar-refractivity contribution in [1.29, 1.82) is 0 Å². The molecule has 0 aliphatic rings. The van der Waals surface area contributed by atoms with Gasteiger partial charge in [-0.3, -0.25) is 0 Å². The van der Waals surface area contributed by atoms with Gasteiger partial charge in [-0.05, 0) is 45.1 Å². The van der Waals surface area contributed by atoms with Gasteiger partial charge in [0.15, 0.2) is 0 Å². The summed E-state index contributed by atoms with van der Waals surface area (Å²) in [5, 5.41) is 1.40. The van der Waals surface area contributed by atoms with Crippen LogP contribution < -0.4 is 0 Å². The molecule has 3 aromatic rings. The van der Waals surface area contributed by atoms with Crippen molar-refractivity contribution in [3.05, 3.63) is 59.5 Å². The number of hydrogen-bond donors (Lipinski definition) is 0. The van der Waals surface area contributed by atoms with Crippen LogP contribution in [0.4, 0.5) is 0 Å². The van der Waals surface area contributed by atoms with Crippen LogP contribution in [0.3, 0.4) is 0 Å². The smallest absolute Gasteiger partial charge is 0.0352 e. The molecule has 0 N–H and O–H groups in total. The van der Waals surface area contributed by atoms with Gasteiger partial charge in [-0.15, -0.1) is 11.3 Å². The third kappa shape index (κ3) is 3.17. The van der Waals surface area contributed by atoms with Crippen LogP contribution in [0.5, 0.6) is 0 Å². The number of rotatable bonds is 5. The number of hydrogen-bond acceptors (Lipinski definition) is 2. The maximum Gasteiger partial charge on any atom is 0.0352 e. The summed E-state index contributed by atoms with van der Waals surface area (Å²) in [5.41, 5.74) is 2.78. The molecule has 3 rings (SSSR count). The highest BCUT2D eigenvalue weighted by Gasteiger charge is 2.13. The van der Waals surface area contributed by atoms with Gasteiger partial charge in [0.25, 0.3) is 0 Å². The van der Waals surface area contributed by atoms with Crippen LogP contribution in [0.2, 0.25) is 0 Å². The molecule has 0 saturated carbocycles. The molecule has 0 saturated heterocycles. The second-order valence-corrected chi connectivity index (χ2v) is 6.81. The Kier molecular flexibility index (Phi) is 4.37. The summed E-state index contributed by atoms with van der Waals surface area (Å²) in [5.74, 6) is 0. The summed E-state index contributed by atoms with van der Waals surface area (Å²) < 4.78 is 1.40. The summed E-state index contributed by atoms with van der Waals surface area (Å²) in [6.07, 6.45) is 2.36. The van der Waals surface area contributed by atoms with Crippen LogP contribution in [-0.4, -0.2) is 25.5 Å². The van der Waals surface area contributed by atoms with Crippen molar-refractivity contribution in [2.24, 2.45) is 0 Å². The first-order valence-electron chi connectivity index (χ1n) is 7.46. The van der Waals surface area contributed by atoms with Gasteiger partial charge in [0.2, 0.25) is 0 Å². The second-order valence-electron chi connectivity index (χ2n) is 5.67. The molecule has 2 heteroatoms. The van der Waals surface area contributed by atoms with Crippen LogP contribution in [0.25, 0.3) is 21.2 Å². The second kappa shape index (κ2) is 6.42. The van der Waals surface area contributed by atoms with Gasteiger partial charge in [-0.1, -0.05) is 48.5 Å². The van der Waals surface area contributed by atoms with E-state index in [1.54, 1.807) is 0 Å². The van der Waals surface area contributed by atoms with Crippen molar-refractivity contribution < 1.29 is 0 Å². The molecule has 0 radical (unpaired) electrons. The van der Waals surface area contributed by atoms with Crippen molar-refractivity contribution in [1.82, 2.24) is 4.90 Å². The fourth-order valence-corrected chi connectivity index (χ4v) is 4.02. The van der Waals surface area contributed by atoms with Crippen LogP contribution in [0.1, 0.15) is 11.3 Å². The van der Waals surface area contributed by atoms with Crippen molar-refractivity contribution >= 4 is 21.4 Å². The summed E-state index contributed by atoms with van der Waals surface area (Å²) in [6.45, 7) is 1.14. The molecule has 1 aromatic heterocycles. The lowest BCUT2D eigenvalue weighted by atomic mass is 10.0.